The number of anilines is 1. The monoisotopic (exact) mass is 287 g/mol. The van der Waals surface area contributed by atoms with Gasteiger partial charge in [0.1, 0.15) is 0 Å². The van der Waals surface area contributed by atoms with Crippen LogP contribution in [0.25, 0.3) is 11.3 Å². The Kier molecular flexibility index (Phi) is 4.71. The van der Waals surface area contributed by atoms with Crippen LogP contribution < -0.4 is 5.32 Å². The predicted molar refractivity (Wildman–Crippen MR) is 78.7 cm³/mol. The maximum Gasteiger partial charge on any atom is 0.303 e. The second-order valence-corrected chi connectivity index (χ2v) is 5.00. The maximum absolute atomic E-state index is 11.8. The van der Waals surface area contributed by atoms with Gasteiger partial charge in [0, 0.05) is 18.5 Å². The summed E-state index contributed by atoms with van der Waals surface area (Å²) in [5, 5.41) is 11.4. The van der Waals surface area contributed by atoms with E-state index < -0.39 is 5.97 Å². The van der Waals surface area contributed by atoms with Gasteiger partial charge >= 0.3 is 5.97 Å². The van der Waals surface area contributed by atoms with E-state index in [4.69, 9.17) is 5.11 Å². The Bertz CT molecular complexity index is 606. The number of aromatic nitrogens is 2. The van der Waals surface area contributed by atoms with Crippen molar-refractivity contribution in [2.45, 2.75) is 19.8 Å². The van der Waals surface area contributed by atoms with Crippen molar-refractivity contribution in [3.8, 4) is 11.3 Å². The zero-order chi connectivity index (χ0) is 15.2. The second kappa shape index (κ2) is 6.69. The van der Waals surface area contributed by atoms with Crippen LogP contribution in [0.2, 0.25) is 0 Å². The molecule has 3 N–H and O–H groups in total. The normalized spacial score (nSPS) is 11.9. The number of aromatic amines is 1. The lowest BCUT2D eigenvalue weighted by Crippen LogP contribution is -2.16. The molecular formula is C15H17N3O3. The van der Waals surface area contributed by atoms with Crippen molar-refractivity contribution in [3.05, 3.63) is 36.8 Å². The van der Waals surface area contributed by atoms with Crippen LogP contribution in [-0.2, 0) is 9.59 Å². The molecule has 0 aliphatic carbocycles. The van der Waals surface area contributed by atoms with Gasteiger partial charge in [-0.15, -0.1) is 0 Å². The molecule has 0 radical (unpaired) electrons. The molecule has 2 aromatic rings. The van der Waals surface area contributed by atoms with E-state index in [-0.39, 0.29) is 24.7 Å². The first kappa shape index (κ1) is 14.8. The Morgan fingerprint density at radius 2 is 2.00 bits per heavy atom. The quantitative estimate of drug-likeness (QED) is 0.760. The van der Waals surface area contributed by atoms with E-state index in [9.17, 15) is 9.59 Å². The molecule has 0 fully saturated rings. The lowest BCUT2D eigenvalue weighted by Gasteiger charge is -2.09. The SMILES string of the molecule is CC(CC(=O)O)CC(=O)Nc1ccc(-c2cnc[nH]2)cc1. The summed E-state index contributed by atoms with van der Waals surface area (Å²) in [6.45, 7) is 1.75. The van der Waals surface area contributed by atoms with Crippen LogP contribution in [0, 0.1) is 5.92 Å². The van der Waals surface area contributed by atoms with Gasteiger partial charge in [-0.1, -0.05) is 19.1 Å². The minimum Gasteiger partial charge on any atom is -0.481 e. The van der Waals surface area contributed by atoms with Crippen molar-refractivity contribution in [2.24, 2.45) is 5.92 Å². The minimum absolute atomic E-state index is 0.00776. The zero-order valence-electron chi connectivity index (χ0n) is 11.7. The van der Waals surface area contributed by atoms with E-state index in [1.54, 1.807) is 31.6 Å². The first-order valence-corrected chi connectivity index (χ1v) is 6.65. The Morgan fingerprint density at radius 1 is 1.29 bits per heavy atom. The van der Waals surface area contributed by atoms with Gasteiger partial charge < -0.3 is 15.4 Å². The molecule has 2 rings (SSSR count). The molecule has 0 bridgehead atoms. The maximum atomic E-state index is 11.8. The fourth-order valence-electron chi connectivity index (χ4n) is 2.05. The molecule has 0 saturated carbocycles. The first-order chi connectivity index (χ1) is 10.0. The van der Waals surface area contributed by atoms with Crippen molar-refractivity contribution in [2.75, 3.05) is 5.32 Å². The Balaban J connectivity index is 1.91. The van der Waals surface area contributed by atoms with Crippen molar-refractivity contribution in [1.82, 2.24) is 9.97 Å². The van der Waals surface area contributed by atoms with Crippen LogP contribution in [0.1, 0.15) is 19.8 Å². The highest BCUT2D eigenvalue weighted by molar-refractivity contribution is 5.91. The van der Waals surface area contributed by atoms with Crippen LogP contribution >= 0.6 is 0 Å². The van der Waals surface area contributed by atoms with Crippen molar-refractivity contribution >= 4 is 17.6 Å². The van der Waals surface area contributed by atoms with Crippen LogP contribution in [0.4, 0.5) is 5.69 Å². The molecule has 0 saturated heterocycles. The van der Waals surface area contributed by atoms with E-state index >= 15 is 0 Å². The van der Waals surface area contributed by atoms with E-state index in [1.165, 1.54) is 0 Å². The summed E-state index contributed by atoms with van der Waals surface area (Å²) in [5.74, 6) is -1.26. The number of carbonyl (C=O) groups is 2. The fraction of sp³-hybridized carbons (Fsp3) is 0.267. The van der Waals surface area contributed by atoms with Crippen molar-refractivity contribution < 1.29 is 14.7 Å². The van der Waals surface area contributed by atoms with Gasteiger partial charge in [0.15, 0.2) is 0 Å². The smallest absolute Gasteiger partial charge is 0.303 e. The van der Waals surface area contributed by atoms with Gasteiger partial charge in [0.05, 0.1) is 18.2 Å². The number of nitrogens with zero attached hydrogens (tertiary/aromatic N) is 1. The summed E-state index contributed by atoms with van der Waals surface area (Å²) in [7, 11) is 0. The summed E-state index contributed by atoms with van der Waals surface area (Å²) >= 11 is 0. The van der Waals surface area contributed by atoms with Crippen LogP contribution in [0.15, 0.2) is 36.8 Å². The molecule has 0 spiro atoms. The van der Waals surface area contributed by atoms with Gasteiger partial charge in [0.2, 0.25) is 5.91 Å². The van der Waals surface area contributed by atoms with Gasteiger partial charge in [-0.25, -0.2) is 4.98 Å². The number of H-pyrrole nitrogens is 1. The largest absolute Gasteiger partial charge is 0.481 e. The number of aliphatic carboxylic acids is 1. The number of imidazole rings is 1. The topological polar surface area (TPSA) is 95.1 Å². The summed E-state index contributed by atoms with van der Waals surface area (Å²) in [6.07, 6.45) is 3.51. The number of benzene rings is 1. The lowest BCUT2D eigenvalue weighted by molar-refractivity contribution is -0.138. The van der Waals surface area contributed by atoms with Gasteiger partial charge in [-0.2, -0.15) is 0 Å². The average Bonchev–Trinajstić information content (AvgIpc) is 2.92. The Hall–Kier alpha value is -2.63. The molecule has 6 nitrogen and oxygen atoms in total. The third-order valence-corrected chi connectivity index (χ3v) is 3.03. The molecule has 110 valence electrons. The van der Waals surface area contributed by atoms with E-state index in [0.717, 1.165) is 11.3 Å². The fourth-order valence-corrected chi connectivity index (χ4v) is 2.05. The van der Waals surface area contributed by atoms with Crippen molar-refractivity contribution in [1.29, 1.82) is 0 Å². The van der Waals surface area contributed by atoms with Crippen molar-refractivity contribution in [3.63, 3.8) is 0 Å². The van der Waals surface area contributed by atoms with Crippen LogP contribution in [-0.4, -0.2) is 27.0 Å². The highest BCUT2D eigenvalue weighted by atomic mass is 16.4. The summed E-state index contributed by atoms with van der Waals surface area (Å²) in [6, 6.07) is 7.36. The molecule has 1 atom stereocenters. The summed E-state index contributed by atoms with van der Waals surface area (Å²) in [4.78, 5) is 29.3. The van der Waals surface area contributed by atoms with Gasteiger partial charge in [0.25, 0.3) is 0 Å². The summed E-state index contributed by atoms with van der Waals surface area (Å²) in [5.41, 5.74) is 2.57. The Morgan fingerprint density at radius 3 is 2.57 bits per heavy atom. The Labute approximate surface area is 122 Å². The summed E-state index contributed by atoms with van der Waals surface area (Å²) < 4.78 is 0. The number of carboxylic acid groups (broad SMARTS) is 1. The zero-order valence-corrected chi connectivity index (χ0v) is 11.7. The molecule has 1 amide bonds. The van der Waals surface area contributed by atoms with Crippen LogP contribution in [0.3, 0.4) is 0 Å². The third kappa shape index (κ3) is 4.45. The highest BCUT2D eigenvalue weighted by Gasteiger charge is 2.12. The first-order valence-electron chi connectivity index (χ1n) is 6.65. The van der Waals surface area contributed by atoms with E-state index in [0.29, 0.717) is 5.69 Å². The number of carbonyl (C=O) groups excluding carboxylic acids is 1. The molecule has 1 aromatic heterocycles. The van der Waals surface area contributed by atoms with E-state index in [2.05, 4.69) is 15.3 Å². The number of rotatable bonds is 6. The highest BCUT2D eigenvalue weighted by Crippen LogP contribution is 2.19. The van der Waals surface area contributed by atoms with Gasteiger partial charge in [-0.3, -0.25) is 9.59 Å². The lowest BCUT2D eigenvalue weighted by atomic mass is 10.0. The number of nitrogens with one attached hydrogen (secondary N) is 2. The predicted octanol–water partition coefficient (Wildman–Crippen LogP) is 2.52. The minimum atomic E-state index is -0.890. The van der Waals surface area contributed by atoms with E-state index in [1.807, 2.05) is 12.1 Å². The molecule has 1 aromatic carbocycles. The second-order valence-electron chi connectivity index (χ2n) is 5.00. The molecule has 1 unspecified atom stereocenters. The average molecular weight is 287 g/mol. The molecule has 0 aliphatic heterocycles. The third-order valence-electron chi connectivity index (χ3n) is 3.03. The number of amides is 1. The molecule has 1 heterocycles. The number of hydrogen-bond donors (Lipinski definition) is 3. The number of carboxylic acids is 1. The standard InChI is InChI=1S/C15H17N3O3/c1-10(7-15(20)21)6-14(19)18-12-4-2-11(3-5-12)13-8-16-9-17-13/h2-5,8-10H,6-7H2,1H3,(H,16,17)(H,18,19)(H,20,21). The molecule has 21 heavy (non-hydrogen) atoms. The molecule has 6 heteroatoms. The molecule has 0 aliphatic rings. The number of hydrogen-bond acceptors (Lipinski definition) is 3. The van der Waals surface area contributed by atoms with Crippen LogP contribution in [0.5, 0.6) is 0 Å². The van der Waals surface area contributed by atoms with Gasteiger partial charge in [-0.05, 0) is 23.6 Å². The molecular weight excluding hydrogens is 270 g/mol.